The van der Waals surface area contributed by atoms with Crippen LogP contribution in [-0.4, -0.2) is 55.2 Å². The monoisotopic (exact) mass is 458 g/mol. The first-order valence-electron chi connectivity index (χ1n) is 12.3. The quantitative estimate of drug-likeness (QED) is 0.390. The number of aromatic nitrogens is 4. The first-order valence-corrected chi connectivity index (χ1v) is 12.3. The zero-order valence-electron chi connectivity index (χ0n) is 19.2. The topological polar surface area (TPSA) is 99.2 Å². The molecule has 0 radical (unpaired) electrons. The minimum absolute atomic E-state index is 0.109. The number of likely N-dealkylation sites (tertiary alicyclic amines) is 1. The second-order valence-electron chi connectivity index (χ2n) is 9.46. The summed E-state index contributed by atoms with van der Waals surface area (Å²) in [6.07, 6.45) is 7.57. The van der Waals surface area contributed by atoms with Gasteiger partial charge in [-0.1, -0.05) is 12.1 Å². The summed E-state index contributed by atoms with van der Waals surface area (Å²) < 4.78 is 6.29. The molecule has 0 bridgehead atoms. The van der Waals surface area contributed by atoms with E-state index in [1.807, 2.05) is 42.6 Å². The Labute approximate surface area is 198 Å². The van der Waals surface area contributed by atoms with E-state index in [0.717, 1.165) is 84.5 Å². The summed E-state index contributed by atoms with van der Waals surface area (Å²) in [6, 6.07) is 12.0. The number of nitrogens with one attached hydrogen (secondary N) is 2. The standard InChI is InChI=1S/C26H30N6O2/c33-19-7-9-20(10-8-19)34-23-5-3-4-17-15-27-26(31-25(17)23)28-18-6-11-21-22(14-18)30-24(29-21)16-32-12-1-2-13-32/h3-6,11,14-15,19-20,33H,1-2,7-10,12-13,16H2,(H,29,30)(H,27,28,31). The molecule has 8 heteroatoms. The molecular weight excluding hydrogens is 428 g/mol. The minimum Gasteiger partial charge on any atom is -0.488 e. The SMILES string of the molecule is OC1CCC(Oc2cccc3cnc(Nc4ccc5[nH]c(CN6CCCC6)nc5c4)nc23)CC1. The van der Waals surface area contributed by atoms with E-state index in [-0.39, 0.29) is 12.2 Å². The molecule has 176 valence electrons. The first kappa shape index (κ1) is 21.3. The van der Waals surface area contributed by atoms with Crippen molar-refractivity contribution in [2.75, 3.05) is 18.4 Å². The third-order valence-electron chi connectivity index (χ3n) is 6.87. The summed E-state index contributed by atoms with van der Waals surface area (Å²) in [5.74, 6) is 2.29. The number of aliphatic hydroxyl groups is 1. The molecule has 1 aliphatic heterocycles. The van der Waals surface area contributed by atoms with Gasteiger partial charge in [0.1, 0.15) is 17.1 Å². The number of H-pyrrole nitrogens is 1. The number of benzene rings is 2. The molecule has 6 rings (SSSR count). The smallest absolute Gasteiger partial charge is 0.227 e. The third-order valence-corrected chi connectivity index (χ3v) is 6.87. The Morgan fingerprint density at radius 2 is 1.91 bits per heavy atom. The fourth-order valence-corrected chi connectivity index (χ4v) is 5.02. The number of hydrogen-bond acceptors (Lipinski definition) is 7. The molecule has 0 atom stereocenters. The van der Waals surface area contributed by atoms with Gasteiger partial charge in [-0.3, -0.25) is 4.90 Å². The average Bonchev–Trinajstić information content (AvgIpc) is 3.50. The van der Waals surface area contributed by atoms with Gasteiger partial charge in [0.15, 0.2) is 0 Å². The minimum atomic E-state index is -0.200. The van der Waals surface area contributed by atoms with Crippen molar-refractivity contribution in [3.8, 4) is 5.75 Å². The number of anilines is 2. The summed E-state index contributed by atoms with van der Waals surface area (Å²) in [7, 11) is 0. The molecule has 0 amide bonds. The lowest BCUT2D eigenvalue weighted by Gasteiger charge is -2.26. The van der Waals surface area contributed by atoms with Crippen LogP contribution < -0.4 is 10.1 Å². The molecule has 2 fully saturated rings. The summed E-state index contributed by atoms with van der Waals surface area (Å²) >= 11 is 0. The number of fused-ring (bicyclic) bond motifs is 2. The Balaban J connectivity index is 1.21. The van der Waals surface area contributed by atoms with Gasteiger partial charge in [0.05, 0.1) is 29.8 Å². The van der Waals surface area contributed by atoms with Crippen LogP contribution >= 0.6 is 0 Å². The molecule has 34 heavy (non-hydrogen) atoms. The van der Waals surface area contributed by atoms with E-state index in [4.69, 9.17) is 14.7 Å². The van der Waals surface area contributed by atoms with Crippen molar-refractivity contribution >= 4 is 33.6 Å². The normalized spacial score (nSPS) is 21.3. The lowest BCUT2D eigenvalue weighted by Crippen LogP contribution is -2.26. The number of hydrogen-bond donors (Lipinski definition) is 3. The molecule has 1 saturated heterocycles. The lowest BCUT2D eigenvalue weighted by atomic mass is 9.95. The molecule has 2 aromatic heterocycles. The highest BCUT2D eigenvalue weighted by molar-refractivity contribution is 5.85. The van der Waals surface area contributed by atoms with Crippen molar-refractivity contribution in [2.24, 2.45) is 0 Å². The summed E-state index contributed by atoms with van der Waals surface area (Å²) in [5, 5.41) is 14.0. The van der Waals surface area contributed by atoms with Crippen molar-refractivity contribution in [3.05, 3.63) is 48.4 Å². The van der Waals surface area contributed by atoms with E-state index in [0.29, 0.717) is 5.95 Å². The van der Waals surface area contributed by atoms with E-state index >= 15 is 0 Å². The largest absolute Gasteiger partial charge is 0.488 e. The van der Waals surface area contributed by atoms with Crippen LogP contribution in [0.5, 0.6) is 5.75 Å². The third kappa shape index (κ3) is 4.56. The Hall–Kier alpha value is -3.23. The molecule has 0 unspecified atom stereocenters. The predicted octanol–water partition coefficient (Wildman–Crippen LogP) is 4.53. The maximum atomic E-state index is 9.78. The van der Waals surface area contributed by atoms with Gasteiger partial charge in [0.2, 0.25) is 5.95 Å². The molecular formula is C26H30N6O2. The Bertz CT molecular complexity index is 1290. The average molecular weight is 459 g/mol. The maximum Gasteiger partial charge on any atom is 0.227 e. The number of ether oxygens (including phenoxy) is 1. The van der Waals surface area contributed by atoms with Gasteiger partial charge in [-0.25, -0.2) is 15.0 Å². The molecule has 1 saturated carbocycles. The second kappa shape index (κ2) is 9.19. The van der Waals surface area contributed by atoms with Gasteiger partial charge < -0.3 is 20.1 Å². The molecule has 0 spiro atoms. The maximum absolute atomic E-state index is 9.78. The molecule has 3 heterocycles. The number of imidazole rings is 1. The van der Waals surface area contributed by atoms with Gasteiger partial charge >= 0.3 is 0 Å². The van der Waals surface area contributed by atoms with Gasteiger partial charge in [-0.2, -0.15) is 0 Å². The number of aliphatic hydroxyl groups excluding tert-OH is 1. The van der Waals surface area contributed by atoms with Crippen molar-refractivity contribution in [1.29, 1.82) is 0 Å². The van der Waals surface area contributed by atoms with E-state index in [1.165, 1.54) is 12.8 Å². The van der Waals surface area contributed by atoms with E-state index in [2.05, 4.69) is 20.2 Å². The fourth-order valence-electron chi connectivity index (χ4n) is 5.02. The molecule has 8 nitrogen and oxygen atoms in total. The van der Waals surface area contributed by atoms with Gasteiger partial charge in [0.25, 0.3) is 0 Å². The Morgan fingerprint density at radius 1 is 1.06 bits per heavy atom. The van der Waals surface area contributed by atoms with Gasteiger partial charge in [-0.05, 0) is 75.9 Å². The fraction of sp³-hybridized carbons (Fsp3) is 0.423. The molecule has 1 aliphatic carbocycles. The molecule has 2 aliphatic rings. The van der Waals surface area contributed by atoms with Crippen LogP contribution in [0.3, 0.4) is 0 Å². The van der Waals surface area contributed by atoms with Crippen LogP contribution in [0.25, 0.3) is 21.9 Å². The van der Waals surface area contributed by atoms with E-state index < -0.39 is 0 Å². The molecule has 2 aromatic carbocycles. The highest BCUT2D eigenvalue weighted by atomic mass is 16.5. The highest BCUT2D eigenvalue weighted by Gasteiger charge is 2.21. The number of para-hydroxylation sites is 1. The van der Waals surface area contributed by atoms with Crippen molar-refractivity contribution in [3.63, 3.8) is 0 Å². The van der Waals surface area contributed by atoms with Crippen molar-refractivity contribution in [1.82, 2.24) is 24.8 Å². The van der Waals surface area contributed by atoms with Crippen LogP contribution in [-0.2, 0) is 6.54 Å². The van der Waals surface area contributed by atoms with Crippen LogP contribution in [0.1, 0.15) is 44.3 Å². The summed E-state index contributed by atoms with van der Waals surface area (Å²) in [6.45, 7) is 3.17. The first-order chi connectivity index (χ1) is 16.7. The van der Waals surface area contributed by atoms with Gasteiger partial charge in [-0.15, -0.1) is 0 Å². The zero-order valence-corrected chi connectivity index (χ0v) is 19.2. The van der Waals surface area contributed by atoms with Crippen LogP contribution in [0.4, 0.5) is 11.6 Å². The Morgan fingerprint density at radius 3 is 2.76 bits per heavy atom. The predicted molar refractivity (Wildman–Crippen MR) is 132 cm³/mol. The Kier molecular flexibility index (Phi) is 5.76. The van der Waals surface area contributed by atoms with Gasteiger partial charge in [0, 0.05) is 17.3 Å². The zero-order chi connectivity index (χ0) is 22.9. The van der Waals surface area contributed by atoms with Crippen molar-refractivity contribution in [2.45, 2.75) is 57.3 Å². The second-order valence-corrected chi connectivity index (χ2v) is 9.46. The number of rotatable bonds is 6. The van der Waals surface area contributed by atoms with E-state index in [1.54, 1.807) is 0 Å². The molecule has 4 aromatic rings. The number of nitrogens with zero attached hydrogens (tertiary/aromatic N) is 4. The van der Waals surface area contributed by atoms with Crippen LogP contribution in [0, 0.1) is 0 Å². The lowest BCUT2D eigenvalue weighted by molar-refractivity contribution is 0.0672. The molecule has 3 N–H and O–H groups in total. The van der Waals surface area contributed by atoms with Crippen LogP contribution in [0.15, 0.2) is 42.6 Å². The summed E-state index contributed by atoms with van der Waals surface area (Å²) in [5.41, 5.74) is 3.65. The highest BCUT2D eigenvalue weighted by Crippen LogP contribution is 2.30. The summed E-state index contributed by atoms with van der Waals surface area (Å²) in [4.78, 5) is 20.0. The number of aromatic amines is 1. The van der Waals surface area contributed by atoms with E-state index in [9.17, 15) is 5.11 Å². The van der Waals surface area contributed by atoms with Crippen LogP contribution in [0.2, 0.25) is 0 Å². The van der Waals surface area contributed by atoms with Crippen molar-refractivity contribution < 1.29 is 9.84 Å².